The lowest BCUT2D eigenvalue weighted by atomic mass is 9.49. The van der Waals surface area contributed by atoms with Crippen molar-refractivity contribution < 1.29 is 4.79 Å². The van der Waals surface area contributed by atoms with Crippen LogP contribution in [-0.4, -0.2) is 5.91 Å². The molecule has 4 aliphatic rings. The van der Waals surface area contributed by atoms with Gasteiger partial charge in [-0.2, -0.15) is 0 Å². The zero-order valence-corrected chi connectivity index (χ0v) is 13.4. The average Bonchev–Trinajstić information content (AvgIpc) is 2.53. The first-order valence-corrected chi connectivity index (χ1v) is 9.00. The van der Waals surface area contributed by atoms with Crippen LogP contribution in [0.15, 0.2) is 42.5 Å². The molecule has 2 aromatic carbocycles. The number of hydrogen-bond acceptors (Lipinski definition) is 1. The summed E-state index contributed by atoms with van der Waals surface area (Å²) in [4.78, 5) is 13.1. The molecule has 118 valence electrons. The van der Waals surface area contributed by atoms with Gasteiger partial charge in [-0.05, 0) is 79.2 Å². The lowest BCUT2D eigenvalue weighted by molar-refractivity contribution is -0.140. The fourth-order valence-electron chi connectivity index (χ4n) is 5.92. The Bertz CT molecular complexity index is 743. The van der Waals surface area contributed by atoms with Crippen LogP contribution in [0.2, 0.25) is 0 Å². The van der Waals surface area contributed by atoms with E-state index < -0.39 is 0 Å². The van der Waals surface area contributed by atoms with E-state index in [9.17, 15) is 4.79 Å². The van der Waals surface area contributed by atoms with Gasteiger partial charge in [0.1, 0.15) is 0 Å². The Hall–Kier alpha value is -1.83. The number of carbonyl (C=O) groups excluding carboxylic acids is 1. The predicted molar refractivity (Wildman–Crippen MR) is 93.2 cm³/mol. The Labute approximate surface area is 137 Å². The fourth-order valence-corrected chi connectivity index (χ4v) is 5.92. The van der Waals surface area contributed by atoms with Crippen molar-refractivity contribution in [1.82, 2.24) is 0 Å². The summed E-state index contributed by atoms with van der Waals surface area (Å²) in [6, 6.07) is 14.6. The Morgan fingerprint density at radius 3 is 2.13 bits per heavy atom. The molecule has 23 heavy (non-hydrogen) atoms. The number of anilines is 1. The molecule has 4 aliphatic carbocycles. The molecule has 0 heterocycles. The van der Waals surface area contributed by atoms with Crippen molar-refractivity contribution in [2.45, 2.75) is 38.5 Å². The van der Waals surface area contributed by atoms with E-state index in [1.165, 1.54) is 30.0 Å². The van der Waals surface area contributed by atoms with Gasteiger partial charge in [0, 0.05) is 5.69 Å². The maximum Gasteiger partial charge on any atom is 0.230 e. The van der Waals surface area contributed by atoms with E-state index >= 15 is 0 Å². The molecule has 0 unspecified atom stereocenters. The topological polar surface area (TPSA) is 29.1 Å². The van der Waals surface area contributed by atoms with Crippen LogP contribution in [-0.2, 0) is 4.79 Å². The standard InChI is InChI=1S/C21H23NO/c23-20(21-11-14-7-15(12-21)9-16(8-14)13-21)22-19-6-5-17-3-1-2-4-18(17)10-19/h1-6,10,14-16H,7-9,11-13H2,(H,22,23). The SMILES string of the molecule is O=C(Nc1ccc2ccccc2c1)C12CC3CC(CC(C3)C1)C2. The normalized spacial score (nSPS) is 34.7. The number of hydrogen-bond donors (Lipinski definition) is 1. The molecule has 0 saturated heterocycles. The van der Waals surface area contributed by atoms with Crippen molar-refractivity contribution in [3.05, 3.63) is 42.5 Å². The summed E-state index contributed by atoms with van der Waals surface area (Å²) >= 11 is 0. The van der Waals surface area contributed by atoms with Crippen LogP contribution >= 0.6 is 0 Å². The zero-order chi connectivity index (χ0) is 15.4. The molecular formula is C21H23NO. The van der Waals surface area contributed by atoms with Crippen molar-refractivity contribution >= 4 is 22.4 Å². The van der Waals surface area contributed by atoms with Gasteiger partial charge < -0.3 is 5.32 Å². The fraction of sp³-hybridized carbons (Fsp3) is 0.476. The first kappa shape index (κ1) is 13.6. The van der Waals surface area contributed by atoms with Crippen molar-refractivity contribution in [3.63, 3.8) is 0 Å². The van der Waals surface area contributed by atoms with Gasteiger partial charge in [0.25, 0.3) is 0 Å². The van der Waals surface area contributed by atoms with Crippen molar-refractivity contribution in [3.8, 4) is 0 Å². The molecule has 1 N–H and O–H groups in total. The number of nitrogens with one attached hydrogen (secondary N) is 1. The molecule has 2 nitrogen and oxygen atoms in total. The van der Waals surface area contributed by atoms with Crippen LogP contribution in [0.4, 0.5) is 5.69 Å². The summed E-state index contributed by atoms with van der Waals surface area (Å²) in [5, 5.41) is 5.67. The molecule has 2 heteroatoms. The largest absolute Gasteiger partial charge is 0.326 e. The van der Waals surface area contributed by atoms with Crippen LogP contribution in [0.3, 0.4) is 0 Å². The number of carbonyl (C=O) groups is 1. The zero-order valence-electron chi connectivity index (χ0n) is 13.4. The molecular weight excluding hydrogens is 282 g/mol. The summed E-state index contributed by atoms with van der Waals surface area (Å²) in [6.07, 6.45) is 7.50. The first-order valence-electron chi connectivity index (χ1n) is 9.00. The number of fused-ring (bicyclic) bond motifs is 1. The smallest absolute Gasteiger partial charge is 0.230 e. The minimum atomic E-state index is -0.0691. The maximum absolute atomic E-state index is 13.1. The van der Waals surface area contributed by atoms with Gasteiger partial charge in [-0.15, -0.1) is 0 Å². The molecule has 0 radical (unpaired) electrons. The van der Waals surface area contributed by atoms with Crippen molar-refractivity contribution in [1.29, 1.82) is 0 Å². The quantitative estimate of drug-likeness (QED) is 0.831. The van der Waals surface area contributed by atoms with E-state index in [0.29, 0.717) is 0 Å². The van der Waals surface area contributed by atoms with Gasteiger partial charge in [-0.25, -0.2) is 0 Å². The lowest BCUT2D eigenvalue weighted by Gasteiger charge is -2.55. The number of benzene rings is 2. The predicted octanol–water partition coefficient (Wildman–Crippen LogP) is 4.99. The van der Waals surface area contributed by atoms with Gasteiger partial charge in [0.05, 0.1) is 5.41 Å². The molecule has 0 atom stereocenters. The van der Waals surface area contributed by atoms with Crippen molar-refractivity contribution in [2.75, 3.05) is 5.32 Å². The van der Waals surface area contributed by atoms with E-state index in [1.54, 1.807) is 0 Å². The molecule has 1 amide bonds. The molecule has 0 aromatic heterocycles. The maximum atomic E-state index is 13.1. The Morgan fingerprint density at radius 1 is 0.870 bits per heavy atom. The van der Waals surface area contributed by atoms with Crippen LogP contribution in [0.5, 0.6) is 0 Å². The Balaban J connectivity index is 1.42. The lowest BCUT2D eigenvalue weighted by Crippen LogP contribution is -2.51. The summed E-state index contributed by atoms with van der Waals surface area (Å²) in [5.74, 6) is 2.71. The van der Waals surface area contributed by atoms with Gasteiger partial charge in [0.15, 0.2) is 0 Å². The number of amides is 1. The summed E-state index contributed by atoms with van der Waals surface area (Å²) in [7, 11) is 0. The van der Waals surface area contributed by atoms with E-state index in [4.69, 9.17) is 0 Å². The minimum absolute atomic E-state index is 0.0691. The molecule has 0 aliphatic heterocycles. The van der Waals surface area contributed by atoms with Crippen LogP contribution < -0.4 is 5.32 Å². The average molecular weight is 305 g/mol. The highest BCUT2D eigenvalue weighted by molar-refractivity contribution is 5.97. The minimum Gasteiger partial charge on any atom is -0.326 e. The number of rotatable bonds is 2. The Morgan fingerprint density at radius 2 is 1.48 bits per heavy atom. The first-order chi connectivity index (χ1) is 11.2. The third kappa shape index (κ3) is 2.19. The summed E-state index contributed by atoms with van der Waals surface area (Å²) < 4.78 is 0. The third-order valence-corrected chi connectivity index (χ3v) is 6.53. The monoisotopic (exact) mass is 305 g/mol. The van der Waals surface area contributed by atoms with Gasteiger partial charge in [-0.1, -0.05) is 30.3 Å². The van der Waals surface area contributed by atoms with E-state index in [-0.39, 0.29) is 11.3 Å². The van der Waals surface area contributed by atoms with Crippen LogP contribution in [0.25, 0.3) is 10.8 Å². The van der Waals surface area contributed by atoms with Crippen LogP contribution in [0.1, 0.15) is 38.5 Å². The van der Waals surface area contributed by atoms with E-state index in [1.807, 2.05) is 12.1 Å². The highest BCUT2D eigenvalue weighted by Crippen LogP contribution is 2.60. The second kappa shape index (κ2) is 4.83. The van der Waals surface area contributed by atoms with Gasteiger partial charge in [-0.3, -0.25) is 4.79 Å². The van der Waals surface area contributed by atoms with Gasteiger partial charge in [0.2, 0.25) is 5.91 Å². The molecule has 4 fully saturated rings. The molecule has 0 spiro atoms. The Kier molecular flexibility index (Phi) is 2.86. The van der Waals surface area contributed by atoms with Crippen molar-refractivity contribution in [2.24, 2.45) is 23.2 Å². The summed E-state index contributed by atoms with van der Waals surface area (Å²) in [5.41, 5.74) is 0.880. The molecule has 4 bridgehead atoms. The van der Waals surface area contributed by atoms with Crippen LogP contribution in [0, 0.1) is 23.2 Å². The summed E-state index contributed by atoms with van der Waals surface area (Å²) in [6.45, 7) is 0. The second-order valence-corrected chi connectivity index (χ2v) is 8.21. The highest BCUT2D eigenvalue weighted by Gasteiger charge is 2.54. The highest BCUT2D eigenvalue weighted by atomic mass is 16.2. The van der Waals surface area contributed by atoms with Gasteiger partial charge >= 0.3 is 0 Å². The second-order valence-electron chi connectivity index (χ2n) is 8.21. The van der Waals surface area contributed by atoms with E-state index in [0.717, 1.165) is 42.7 Å². The van der Waals surface area contributed by atoms with E-state index in [2.05, 4.69) is 35.6 Å². The molecule has 4 saturated carbocycles. The third-order valence-electron chi connectivity index (χ3n) is 6.53. The molecule has 6 rings (SSSR count). The molecule has 2 aromatic rings.